The van der Waals surface area contributed by atoms with Gasteiger partial charge in [-0.2, -0.15) is 0 Å². The minimum atomic E-state index is -2.79. The molecule has 0 heterocycles. The van der Waals surface area contributed by atoms with Gasteiger partial charge in [0.15, 0.2) is 0 Å². The van der Waals surface area contributed by atoms with Crippen molar-refractivity contribution in [1.82, 2.24) is 0 Å². The molecule has 0 aliphatic rings. The van der Waals surface area contributed by atoms with E-state index in [-0.39, 0.29) is 11.8 Å². The van der Waals surface area contributed by atoms with Crippen molar-refractivity contribution in [2.24, 2.45) is 0 Å². The Morgan fingerprint density at radius 3 is 2.46 bits per heavy atom. The molecular weight excluding hydrogens is 181 g/mol. The second-order valence-corrected chi connectivity index (χ2v) is 2.55. The van der Waals surface area contributed by atoms with Gasteiger partial charge >= 0.3 is 0 Å². The number of carbonyl (C=O) groups is 1. The van der Waals surface area contributed by atoms with Crippen LogP contribution in [0.2, 0.25) is 0 Å². The highest BCUT2D eigenvalue weighted by Gasteiger charge is 2.21. The van der Waals surface area contributed by atoms with Crippen LogP contribution in [0.25, 0.3) is 0 Å². The van der Waals surface area contributed by atoms with Gasteiger partial charge in [0.1, 0.15) is 18.0 Å². The maximum Gasteiger partial charge on any atom is 0.252 e. The molecule has 1 aromatic carbocycles. The summed E-state index contributed by atoms with van der Waals surface area (Å²) in [5.74, 6) is -2.15. The van der Waals surface area contributed by atoms with Crippen molar-refractivity contribution in [2.75, 3.05) is 0 Å². The number of carbonyl (C=O) groups excluding carboxylic acids is 1. The monoisotopic (exact) mass is 188 g/mol. The molecule has 1 atom stereocenters. The zero-order valence-corrected chi connectivity index (χ0v) is 6.58. The van der Waals surface area contributed by atoms with Crippen LogP contribution in [0.15, 0.2) is 24.3 Å². The Morgan fingerprint density at radius 1 is 1.31 bits per heavy atom. The van der Waals surface area contributed by atoms with Crippen molar-refractivity contribution in [3.05, 3.63) is 35.6 Å². The van der Waals surface area contributed by atoms with Crippen LogP contribution in [-0.2, 0) is 4.79 Å². The van der Waals surface area contributed by atoms with Crippen molar-refractivity contribution in [1.29, 1.82) is 0 Å². The van der Waals surface area contributed by atoms with E-state index >= 15 is 0 Å². The molecule has 1 nitrogen and oxygen atoms in total. The summed E-state index contributed by atoms with van der Waals surface area (Å²) in [5.41, 5.74) is 0.00463. The smallest absolute Gasteiger partial charge is 0.252 e. The summed E-state index contributed by atoms with van der Waals surface area (Å²) in [6.07, 6.45) is -2.67. The van der Waals surface area contributed by atoms with Crippen molar-refractivity contribution >= 4 is 6.29 Å². The van der Waals surface area contributed by atoms with E-state index in [0.717, 1.165) is 12.1 Å². The first-order chi connectivity index (χ1) is 6.15. The number of hydrogen-bond acceptors (Lipinski definition) is 1. The molecule has 0 fully saturated rings. The molecule has 0 N–H and O–H groups in total. The first kappa shape index (κ1) is 9.77. The fourth-order valence-electron chi connectivity index (χ4n) is 0.997. The lowest BCUT2D eigenvalue weighted by atomic mass is 10.0. The highest BCUT2D eigenvalue weighted by Crippen LogP contribution is 2.21. The third-order valence-electron chi connectivity index (χ3n) is 1.65. The van der Waals surface area contributed by atoms with Crippen LogP contribution in [0, 0.1) is 5.82 Å². The van der Waals surface area contributed by atoms with Crippen molar-refractivity contribution in [2.45, 2.75) is 12.3 Å². The van der Waals surface area contributed by atoms with Gasteiger partial charge in [-0.3, -0.25) is 0 Å². The Bertz CT molecular complexity index is 299. The third-order valence-corrected chi connectivity index (χ3v) is 1.65. The maximum atomic E-state index is 12.6. The van der Waals surface area contributed by atoms with E-state index in [0.29, 0.717) is 0 Å². The van der Waals surface area contributed by atoms with Crippen LogP contribution in [0.3, 0.4) is 0 Å². The number of benzene rings is 1. The molecule has 0 radical (unpaired) electrons. The molecule has 0 saturated carbocycles. The van der Waals surface area contributed by atoms with E-state index in [4.69, 9.17) is 0 Å². The van der Waals surface area contributed by atoms with Gasteiger partial charge < -0.3 is 4.79 Å². The summed E-state index contributed by atoms with van der Waals surface area (Å²) >= 11 is 0. The summed E-state index contributed by atoms with van der Waals surface area (Å²) < 4.78 is 36.9. The average molecular weight is 188 g/mol. The SMILES string of the molecule is O=CC(c1cccc(F)c1)C(F)F. The number of aldehydes is 1. The van der Waals surface area contributed by atoms with E-state index in [1.54, 1.807) is 0 Å². The van der Waals surface area contributed by atoms with E-state index in [9.17, 15) is 18.0 Å². The van der Waals surface area contributed by atoms with Crippen LogP contribution in [0.4, 0.5) is 13.2 Å². The quantitative estimate of drug-likeness (QED) is 0.665. The molecule has 0 aromatic heterocycles. The zero-order valence-electron chi connectivity index (χ0n) is 6.58. The summed E-state index contributed by atoms with van der Waals surface area (Å²) in [6, 6.07) is 4.67. The molecule has 0 aliphatic heterocycles. The van der Waals surface area contributed by atoms with Crippen molar-refractivity contribution in [3.8, 4) is 0 Å². The lowest BCUT2D eigenvalue weighted by molar-refractivity contribution is -0.111. The predicted octanol–water partition coefficient (Wildman–Crippen LogP) is 2.37. The zero-order chi connectivity index (χ0) is 9.84. The number of rotatable bonds is 3. The van der Waals surface area contributed by atoms with Gasteiger partial charge in [0.2, 0.25) is 0 Å². The number of hydrogen-bond donors (Lipinski definition) is 0. The highest BCUT2D eigenvalue weighted by molar-refractivity contribution is 5.62. The number of alkyl halides is 2. The molecule has 70 valence electrons. The van der Waals surface area contributed by atoms with Gasteiger partial charge in [0.05, 0.1) is 0 Å². The van der Waals surface area contributed by atoms with Gasteiger partial charge in [-0.25, -0.2) is 13.2 Å². The van der Waals surface area contributed by atoms with Crippen LogP contribution >= 0.6 is 0 Å². The summed E-state index contributed by atoms with van der Waals surface area (Å²) in [5, 5.41) is 0. The summed E-state index contributed by atoms with van der Waals surface area (Å²) in [6.45, 7) is 0. The van der Waals surface area contributed by atoms with E-state index < -0.39 is 18.2 Å². The van der Waals surface area contributed by atoms with Crippen LogP contribution < -0.4 is 0 Å². The van der Waals surface area contributed by atoms with Gasteiger partial charge in [-0.15, -0.1) is 0 Å². The Balaban J connectivity index is 2.98. The van der Waals surface area contributed by atoms with Crippen LogP contribution in [0.5, 0.6) is 0 Å². The standard InChI is InChI=1S/C9H7F3O/c10-7-3-1-2-6(4-7)8(5-13)9(11)12/h1-5,8-9H. The molecule has 1 aromatic rings. The topological polar surface area (TPSA) is 17.1 Å². The maximum absolute atomic E-state index is 12.6. The summed E-state index contributed by atoms with van der Waals surface area (Å²) in [4.78, 5) is 10.3. The second-order valence-electron chi connectivity index (χ2n) is 2.55. The highest BCUT2D eigenvalue weighted by atomic mass is 19.3. The minimum absolute atomic E-state index is 0.00463. The fourth-order valence-corrected chi connectivity index (χ4v) is 0.997. The lowest BCUT2D eigenvalue weighted by Gasteiger charge is -2.08. The molecule has 1 unspecified atom stereocenters. The molecule has 0 aliphatic carbocycles. The molecule has 1 rings (SSSR count). The molecule has 0 amide bonds. The molecule has 0 bridgehead atoms. The van der Waals surface area contributed by atoms with E-state index in [1.807, 2.05) is 0 Å². The van der Waals surface area contributed by atoms with Gasteiger partial charge in [-0.1, -0.05) is 12.1 Å². The van der Waals surface area contributed by atoms with Gasteiger partial charge in [0, 0.05) is 0 Å². The lowest BCUT2D eigenvalue weighted by Crippen LogP contribution is -2.10. The molecule has 0 spiro atoms. The molecule has 4 heteroatoms. The molecule has 0 saturated heterocycles. The fraction of sp³-hybridized carbons (Fsp3) is 0.222. The Morgan fingerprint density at radius 2 is 2.00 bits per heavy atom. The Kier molecular flexibility index (Phi) is 3.06. The normalized spacial score (nSPS) is 12.9. The van der Waals surface area contributed by atoms with Crippen molar-refractivity contribution in [3.63, 3.8) is 0 Å². The Labute approximate surface area is 73.2 Å². The predicted molar refractivity (Wildman–Crippen MR) is 41.2 cm³/mol. The molecule has 13 heavy (non-hydrogen) atoms. The minimum Gasteiger partial charge on any atom is -0.302 e. The van der Waals surface area contributed by atoms with Crippen LogP contribution in [0.1, 0.15) is 11.5 Å². The summed E-state index contributed by atoms with van der Waals surface area (Å²) in [7, 11) is 0. The van der Waals surface area contributed by atoms with Crippen LogP contribution in [-0.4, -0.2) is 12.7 Å². The van der Waals surface area contributed by atoms with Crippen molar-refractivity contribution < 1.29 is 18.0 Å². The molecular formula is C9H7F3O. The van der Waals surface area contributed by atoms with Gasteiger partial charge in [0.25, 0.3) is 6.43 Å². The first-order valence-electron chi connectivity index (χ1n) is 3.64. The van der Waals surface area contributed by atoms with E-state index in [2.05, 4.69) is 0 Å². The average Bonchev–Trinajstić information content (AvgIpc) is 2.04. The second kappa shape index (κ2) is 4.07. The largest absolute Gasteiger partial charge is 0.302 e. The van der Waals surface area contributed by atoms with Gasteiger partial charge in [-0.05, 0) is 17.7 Å². The van der Waals surface area contributed by atoms with E-state index in [1.165, 1.54) is 12.1 Å². The number of halogens is 3. The Hall–Kier alpha value is -1.32. The first-order valence-corrected chi connectivity index (χ1v) is 3.64. The third kappa shape index (κ3) is 2.31.